The molecule has 1 saturated carbocycles. The maximum atomic E-state index is 14.3. The molecule has 5 aliphatic rings. The first-order chi connectivity index (χ1) is 20.1. The Morgan fingerprint density at radius 2 is 1.76 bits per heavy atom. The third-order valence-electron chi connectivity index (χ3n) is 10.7. The Morgan fingerprint density at radius 1 is 1.00 bits per heavy atom. The summed E-state index contributed by atoms with van der Waals surface area (Å²) >= 11 is 12.3. The lowest BCUT2D eigenvalue weighted by molar-refractivity contribution is -0.142. The van der Waals surface area contributed by atoms with Gasteiger partial charge in [0.2, 0.25) is 17.7 Å². The van der Waals surface area contributed by atoms with Crippen molar-refractivity contribution in [2.45, 2.75) is 89.1 Å². The molecule has 10 heteroatoms. The van der Waals surface area contributed by atoms with Gasteiger partial charge in [0.05, 0.1) is 17.9 Å². The van der Waals surface area contributed by atoms with Crippen LogP contribution in [0.1, 0.15) is 59.3 Å². The Labute approximate surface area is 258 Å². The van der Waals surface area contributed by atoms with Crippen LogP contribution in [0.4, 0.5) is 5.69 Å². The van der Waals surface area contributed by atoms with Crippen molar-refractivity contribution in [3.05, 3.63) is 40.4 Å². The fourth-order valence-electron chi connectivity index (χ4n) is 8.13. The van der Waals surface area contributed by atoms with E-state index >= 15 is 0 Å². The minimum Gasteiger partial charge on any atom is -0.359 e. The molecule has 2 bridgehead atoms. The van der Waals surface area contributed by atoms with E-state index < -0.39 is 29.6 Å². The predicted octanol–water partition coefficient (Wildman–Crippen LogP) is 4.90. The Morgan fingerprint density at radius 3 is 2.50 bits per heavy atom. The summed E-state index contributed by atoms with van der Waals surface area (Å²) in [4.78, 5) is 46.4. The van der Waals surface area contributed by atoms with E-state index in [1.54, 1.807) is 23.1 Å². The van der Waals surface area contributed by atoms with Gasteiger partial charge in [-0.3, -0.25) is 19.3 Å². The summed E-state index contributed by atoms with van der Waals surface area (Å²) in [5.74, 6) is -1.43. The van der Waals surface area contributed by atoms with Crippen LogP contribution in [-0.2, 0) is 19.1 Å². The topological polar surface area (TPSA) is 91.0 Å². The van der Waals surface area contributed by atoms with Crippen molar-refractivity contribution >= 4 is 46.6 Å². The van der Waals surface area contributed by atoms with Gasteiger partial charge in [0.1, 0.15) is 11.6 Å². The third kappa shape index (κ3) is 5.27. The van der Waals surface area contributed by atoms with Crippen molar-refractivity contribution in [1.82, 2.24) is 15.1 Å². The van der Waals surface area contributed by atoms with Crippen molar-refractivity contribution in [2.75, 3.05) is 25.0 Å². The second-order valence-electron chi connectivity index (χ2n) is 13.1. The van der Waals surface area contributed by atoms with E-state index in [0.29, 0.717) is 46.7 Å². The van der Waals surface area contributed by atoms with E-state index in [-0.39, 0.29) is 23.8 Å². The summed E-state index contributed by atoms with van der Waals surface area (Å²) in [6.45, 7) is 8.74. The van der Waals surface area contributed by atoms with Crippen LogP contribution in [0.5, 0.6) is 0 Å². The van der Waals surface area contributed by atoms with Crippen molar-refractivity contribution in [2.24, 2.45) is 23.7 Å². The first-order valence-corrected chi connectivity index (χ1v) is 16.3. The summed E-state index contributed by atoms with van der Waals surface area (Å²) < 4.78 is 6.53. The summed E-state index contributed by atoms with van der Waals surface area (Å²) in [6.07, 6.45) is 9.75. The molecule has 1 aromatic carbocycles. The van der Waals surface area contributed by atoms with Gasteiger partial charge in [-0.05, 0) is 62.8 Å². The molecule has 228 valence electrons. The molecule has 3 saturated heterocycles. The van der Waals surface area contributed by atoms with Crippen LogP contribution in [0.25, 0.3) is 0 Å². The highest BCUT2D eigenvalue weighted by Crippen LogP contribution is 2.55. The quantitative estimate of drug-likeness (QED) is 0.425. The van der Waals surface area contributed by atoms with Gasteiger partial charge in [0.15, 0.2) is 0 Å². The molecule has 0 aromatic heterocycles. The van der Waals surface area contributed by atoms with Crippen LogP contribution < -0.4 is 10.6 Å². The van der Waals surface area contributed by atoms with E-state index in [2.05, 4.69) is 36.3 Å². The van der Waals surface area contributed by atoms with Gasteiger partial charge < -0.3 is 20.3 Å². The second kappa shape index (κ2) is 11.8. The monoisotopic (exact) mass is 616 g/mol. The fraction of sp³-hybridized carbons (Fsp3) is 0.656. The standard InChI is InChI=1S/C32H42Cl2N4O4/c1-18-7-6-9-24(20(18)3)36-30(40)28-32-11-10-25(42-32)26(29(39)35-23-16-21(33)15-22(34)17-23)27(32)31(41)38(28)14-13-37-12-5-4-8-19(37)2/h10-11,15-20,24-28H,4-9,12-14H2,1-3H3,(H,35,39)(H,36,40). The van der Waals surface area contributed by atoms with E-state index in [0.717, 1.165) is 38.6 Å². The predicted molar refractivity (Wildman–Crippen MR) is 163 cm³/mol. The molecule has 9 atom stereocenters. The fourth-order valence-corrected chi connectivity index (χ4v) is 8.66. The Bertz CT molecular complexity index is 1250. The number of fused-ring (bicyclic) bond motifs is 1. The van der Waals surface area contributed by atoms with Crippen LogP contribution in [0, 0.1) is 23.7 Å². The SMILES string of the molecule is CC1CCCC(NC(=O)C2N(CCN3CCCCC3C)C(=O)C3C(C(=O)Nc4cc(Cl)cc(Cl)c4)C4C=CC32O4)C1C. The first kappa shape index (κ1) is 29.9. The third-order valence-corrected chi connectivity index (χ3v) is 11.1. The van der Waals surface area contributed by atoms with Crippen molar-refractivity contribution in [1.29, 1.82) is 0 Å². The number of likely N-dealkylation sites (tertiary alicyclic amines) is 2. The molecule has 1 aliphatic carbocycles. The maximum Gasteiger partial charge on any atom is 0.246 e. The Hall–Kier alpha value is -2.13. The van der Waals surface area contributed by atoms with E-state index in [1.165, 1.54) is 6.42 Å². The zero-order chi connectivity index (χ0) is 29.8. The zero-order valence-corrected chi connectivity index (χ0v) is 26.2. The van der Waals surface area contributed by atoms with Gasteiger partial charge in [0.25, 0.3) is 0 Å². The molecule has 6 rings (SSSR count). The number of rotatable bonds is 7. The highest BCUT2D eigenvalue weighted by molar-refractivity contribution is 6.35. The number of nitrogens with one attached hydrogen (secondary N) is 2. The molecule has 4 aliphatic heterocycles. The van der Waals surface area contributed by atoms with Gasteiger partial charge >= 0.3 is 0 Å². The van der Waals surface area contributed by atoms with E-state index in [4.69, 9.17) is 27.9 Å². The smallest absolute Gasteiger partial charge is 0.246 e. The number of ether oxygens (including phenoxy) is 1. The van der Waals surface area contributed by atoms with Gasteiger partial charge in [-0.1, -0.05) is 68.5 Å². The molecule has 8 nitrogen and oxygen atoms in total. The molecule has 2 N–H and O–H groups in total. The zero-order valence-electron chi connectivity index (χ0n) is 24.7. The number of carbonyl (C=O) groups excluding carboxylic acids is 3. The number of hydrogen-bond acceptors (Lipinski definition) is 5. The van der Waals surface area contributed by atoms with Crippen LogP contribution in [0.3, 0.4) is 0 Å². The average Bonchev–Trinajstić information content (AvgIpc) is 3.57. The molecule has 4 heterocycles. The summed E-state index contributed by atoms with van der Waals surface area (Å²) in [6, 6.07) is 4.48. The molecule has 1 spiro atoms. The largest absolute Gasteiger partial charge is 0.359 e. The number of piperidine rings is 1. The Balaban J connectivity index is 1.28. The lowest BCUT2D eigenvalue weighted by Gasteiger charge is -2.39. The second-order valence-corrected chi connectivity index (χ2v) is 14.0. The molecule has 3 amide bonds. The van der Waals surface area contributed by atoms with Crippen molar-refractivity contribution in [3.63, 3.8) is 0 Å². The molecule has 1 aromatic rings. The highest BCUT2D eigenvalue weighted by atomic mass is 35.5. The summed E-state index contributed by atoms with van der Waals surface area (Å²) in [5, 5.41) is 7.04. The van der Waals surface area contributed by atoms with Gasteiger partial charge in [-0.25, -0.2) is 0 Å². The van der Waals surface area contributed by atoms with Crippen molar-refractivity contribution < 1.29 is 19.1 Å². The average molecular weight is 618 g/mol. The van der Waals surface area contributed by atoms with Crippen molar-refractivity contribution in [3.8, 4) is 0 Å². The minimum atomic E-state index is -1.18. The van der Waals surface area contributed by atoms with E-state index in [9.17, 15) is 14.4 Å². The maximum absolute atomic E-state index is 14.3. The summed E-state index contributed by atoms with van der Waals surface area (Å²) in [7, 11) is 0. The van der Waals surface area contributed by atoms with Crippen LogP contribution in [0.15, 0.2) is 30.4 Å². The lowest BCUT2D eigenvalue weighted by atomic mass is 9.73. The molecule has 4 fully saturated rings. The highest BCUT2D eigenvalue weighted by Gasteiger charge is 2.72. The molecular formula is C32H42Cl2N4O4. The number of halogens is 2. The minimum absolute atomic E-state index is 0.0463. The number of benzene rings is 1. The van der Waals surface area contributed by atoms with Gasteiger partial charge in [0, 0.05) is 40.9 Å². The molecular weight excluding hydrogens is 575 g/mol. The molecule has 42 heavy (non-hydrogen) atoms. The van der Waals surface area contributed by atoms with Crippen LogP contribution in [-0.4, -0.2) is 77.0 Å². The number of anilines is 1. The Kier molecular flexibility index (Phi) is 8.37. The number of amides is 3. The molecule has 0 radical (unpaired) electrons. The van der Waals surface area contributed by atoms with Crippen LogP contribution in [0.2, 0.25) is 10.0 Å². The van der Waals surface area contributed by atoms with Gasteiger partial charge in [-0.15, -0.1) is 0 Å². The number of carbonyl (C=O) groups is 3. The lowest BCUT2D eigenvalue weighted by Crippen LogP contribution is -2.58. The van der Waals surface area contributed by atoms with Gasteiger partial charge in [-0.2, -0.15) is 0 Å². The normalized spacial score (nSPS) is 37.6. The number of hydrogen-bond donors (Lipinski definition) is 2. The first-order valence-electron chi connectivity index (χ1n) is 15.6. The van der Waals surface area contributed by atoms with E-state index in [1.807, 2.05) is 12.2 Å². The summed E-state index contributed by atoms with van der Waals surface area (Å²) in [5.41, 5.74) is -0.731. The van der Waals surface area contributed by atoms with Crippen LogP contribution >= 0.6 is 23.2 Å². The molecule has 9 unspecified atom stereocenters. The number of nitrogens with zero attached hydrogens (tertiary/aromatic N) is 2.